The monoisotopic (exact) mass is 438 g/mol. The number of benzene rings is 2. The fraction of sp³-hybridized carbons (Fsp3) is 0.150. The molecule has 0 bridgehead atoms. The van der Waals surface area contributed by atoms with Crippen LogP contribution >= 0.6 is 23.6 Å². The first-order chi connectivity index (χ1) is 14.5. The van der Waals surface area contributed by atoms with E-state index in [1.807, 2.05) is 38.1 Å². The molecule has 2 aromatic heterocycles. The summed E-state index contributed by atoms with van der Waals surface area (Å²) in [5.74, 6) is 0.415. The van der Waals surface area contributed by atoms with Crippen molar-refractivity contribution in [3.05, 3.63) is 60.4 Å². The minimum absolute atomic E-state index is 0.0729. The van der Waals surface area contributed by atoms with Crippen molar-refractivity contribution >= 4 is 45.2 Å². The van der Waals surface area contributed by atoms with Crippen molar-refractivity contribution in [3.63, 3.8) is 0 Å². The molecule has 4 aromatic rings. The third-order valence-electron chi connectivity index (χ3n) is 3.97. The van der Waals surface area contributed by atoms with Crippen LogP contribution in [-0.2, 0) is 0 Å². The van der Waals surface area contributed by atoms with Crippen LogP contribution in [0.4, 0.5) is 5.69 Å². The Morgan fingerprint density at radius 1 is 1.20 bits per heavy atom. The molecular weight excluding hydrogens is 420 g/mol. The normalized spacial score (nSPS) is 10.9. The molecule has 0 aliphatic heterocycles. The van der Waals surface area contributed by atoms with E-state index in [1.165, 1.54) is 11.3 Å². The molecule has 0 saturated heterocycles. The van der Waals surface area contributed by atoms with Gasteiger partial charge in [-0.2, -0.15) is 9.61 Å². The predicted molar refractivity (Wildman–Crippen MR) is 120 cm³/mol. The van der Waals surface area contributed by atoms with Crippen molar-refractivity contribution in [3.8, 4) is 16.3 Å². The summed E-state index contributed by atoms with van der Waals surface area (Å²) in [4.78, 5) is 13.2. The maximum atomic E-state index is 12.4. The lowest BCUT2D eigenvalue weighted by Crippen LogP contribution is -2.34. The Kier molecular flexibility index (Phi) is 5.68. The van der Waals surface area contributed by atoms with Crippen molar-refractivity contribution in [1.29, 1.82) is 0 Å². The number of aromatic nitrogens is 4. The third kappa shape index (κ3) is 4.61. The molecular formula is C20H18N6O2S2. The zero-order valence-corrected chi connectivity index (χ0v) is 17.8. The van der Waals surface area contributed by atoms with Crippen LogP contribution < -0.4 is 15.4 Å². The van der Waals surface area contributed by atoms with Crippen LogP contribution in [0.25, 0.3) is 15.5 Å². The predicted octanol–water partition coefficient (Wildman–Crippen LogP) is 3.77. The zero-order valence-electron chi connectivity index (χ0n) is 16.2. The van der Waals surface area contributed by atoms with Crippen molar-refractivity contribution in [2.24, 2.45) is 0 Å². The van der Waals surface area contributed by atoms with E-state index in [0.29, 0.717) is 11.3 Å². The summed E-state index contributed by atoms with van der Waals surface area (Å²) in [6, 6.07) is 14.5. The van der Waals surface area contributed by atoms with Gasteiger partial charge in [0.25, 0.3) is 5.91 Å². The Morgan fingerprint density at radius 2 is 2.00 bits per heavy atom. The van der Waals surface area contributed by atoms with Crippen LogP contribution in [0.1, 0.15) is 24.2 Å². The number of hydrogen-bond acceptors (Lipinski definition) is 7. The van der Waals surface area contributed by atoms with Gasteiger partial charge in [0.1, 0.15) is 17.1 Å². The molecule has 0 atom stereocenters. The van der Waals surface area contributed by atoms with Crippen LogP contribution in [0, 0.1) is 0 Å². The van der Waals surface area contributed by atoms with E-state index in [-0.39, 0.29) is 17.1 Å². The summed E-state index contributed by atoms with van der Waals surface area (Å²) in [5.41, 5.74) is 2.14. The van der Waals surface area contributed by atoms with E-state index in [1.54, 1.807) is 35.1 Å². The van der Waals surface area contributed by atoms with E-state index in [9.17, 15) is 4.79 Å². The number of hydrogen-bond donors (Lipinski definition) is 2. The highest BCUT2D eigenvalue weighted by molar-refractivity contribution is 7.80. The quantitative estimate of drug-likeness (QED) is 0.458. The Labute approximate surface area is 181 Å². The van der Waals surface area contributed by atoms with Crippen LogP contribution in [0.5, 0.6) is 5.75 Å². The molecule has 0 saturated carbocycles. The fourth-order valence-electron chi connectivity index (χ4n) is 2.70. The minimum atomic E-state index is -0.298. The topological polar surface area (TPSA) is 93.4 Å². The highest BCUT2D eigenvalue weighted by atomic mass is 32.1. The lowest BCUT2D eigenvalue weighted by molar-refractivity contribution is 0.0977. The van der Waals surface area contributed by atoms with Crippen LogP contribution in [0.15, 0.2) is 54.9 Å². The average molecular weight is 439 g/mol. The van der Waals surface area contributed by atoms with Crippen LogP contribution in [0.3, 0.4) is 0 Å². The molecule has 8 nitrogen and oxygen atoms in total. The largest absolute Gasteiger partial charge is 0.491 e. The molecule has 0 fully saturated rings. The second-order valence-corrected chi connectivity index (χ2v) is 8.01. The summed E-state index contributed by atoms with van der Waals surface area (Å²) < 4.78 is 7.22. The number of amides is 1. The summed E-state index contributed by atoms with van der Waals surface area (Å²) in [5, 5.41) is 19.0. The van der Waals surface area contributed by atoms with Gasteiger partial charge in [0.2, 0.25) is 4.96 Å². The van der Waals surface area contributed by atoms with Gasteiger partial charge < -0.3 is 10.1 Å². The molecule has 0 aliphatic rings. The number of nitrogens with one attached hydrogen (secondary N) is 2. The molecule has 2 heterocycles. The Hall–Kier alpha value is -3.37. The molecule has 2 N–H and O–H groups in total. The molecule has 152 valence electrons. The number of carbonyl (C=O) groups is 1. The van der Waals surface area contributed by atoms with Gasteiger partial charge in [-0.3, -0.25) is 10.1 Å². The van der Waals surface area contributed by atoms with Crippen molar-refractivity contribution in [2.45, 2.75) is 20.0 Å². The Morgan fingerprint density at radius 3 is 2.73 bits per heavy atom. The van der Waals surface area contributed by atoms with Gasteiger partial charge in [-0.25, -0.2) is 0 Å². The lowest BCUT2D eigenvalue weighted by atomic mass is 10.2. The number of nitrogens with zero attached hydrogens (tertiary/aromatic N) is 4. The molecule has 0 radical (unpaired) electrons. The van der Waals surface area contributed by atoms with Gasteiger partial charge in [-0.05, 0) is 62.5 Å². The van der Waals surface area contributed by atoms with Crippen LogP contribution in [-0.4, -0.2) is 36.9 Å². The Bertz CT molecular complexity index is 1170. The average Bonchev–Trinajstić information content (AvgIpc) is 3.30. The van der Waals surface area contributed by atoms with Gasteiger partial charge >= 0.3 is 0 Å². The maximum Gasteiger partial charge on any atom is 0.257 e. The third-order valence-corrected chi connectivity index (χ3v) is 5.14. The van der Waals surface area contributed by atoms with E-state index < -0.39 is 0 Å². The highest BCUT2D eigenvalue weighted by Gasteiger charge is 2.11. The number of carbonyl (C=O) groups excluding carboxylic acids is 1. The number of ether oxygens (including phenoxy) is 1. The van der Waals surface area contributed by atoms with Gasteiger partial charge in [-0.1, -0.05) is 23.5 Å². The molecule has 0 aliphatic carbocycles. The van der Waals surface area contributed by atoms with Crippen molar-refractivity contribution < 1.29 is 9.53 Å². The maximum absolute atomic E-state index is 12.4. The first-order valence-electron chi connectivity index (χ1n) is 9.14. The smallest absolute Gasteiger partial charge is 0.257 e. The number of anilines is 1. The van der Waals surface area contributed by atoms with Gasteiger partial charge in [0.15, 0.2) is 5.11 Å². The highest BCUT2D eigenvalue weighted by Crippen LogP contribution is 2.26. The van der Waals surface area contributed by atoms with E-state index in [0.717, 1.165) is 21.2 Å². The Balaban J connectivity index is 1.40. The summed E-state index contributed by atoms with van der Waals surface area (Å²) in [7, 11) is 0. The molecule has 30 heavy (non-hydrogen) atoms. The fourth-order valence-corrected chi connectivity index (χ4v) is 3.73. The van der Waals surface area contributed by atoms with E-state index in [4.69, 9.17) is 17.0 Å². The molecule has 4 rings (SSSR count). The van der Waals surface area contributed by atoms with Gasteiger partial charge in [0, 0.05) is 16.8 Å². The second kappa shape index (κ2) is 8.56. The first kappa shape index (κ1) is 19.9. The zero-order chi connectivity index (χ0) is 21.1. The van der Waals surface area contributed by atoms with Gasteiger partial charge in [0.05, 0.1) is 6.10 Å². The number of thiocarbonyl (C=S) groups is 1. The van der Waals surface area contributed by atoms with Crippen molar-refractivity contribution in [2.75, 3.05) is 5.32 Å². The number of rotatable bonds is 5. The number of fused-ring (bicyclic) bond motifs is 1. The molecule has 1 amide bonds. The van der Waals surface area contributed by atoms with Crippen LogP contribution in [0.2, 0.25) is 0 Å². The summed E-state index contributed by atoms with van der Waals surface area (Å²) >= 11 is 6.73. The first-order valence-corrected chi connectivity index (χ1v) is 10.4. The standard InChI is InChI=1S/C20H18N6O2S2/c1-12(2)28-16-8-6-13(7-9-16)17(27)23-19(29)22-15-5-3-4-14(10-15)18-25-26-11-21-24-20(26)30-18/h3-12H,1-2H3,(H2,22,23,27,29). The summed E-state index contributed by atoms with van der Waals surface area (Å²) in [6.07, 6.45) is 1.63. The van der Waals surface area contributed by atoms with E-state index in [2.05, 4.69) is 25.9 Å². The lowest BCUT2D eigenvalue weighted by Gasteiger charge is -2.12. The molecule has 0 spiro atoms. The van der Waals surface area contributed by atoms with Gasteiger partial charge in [-0.15, -0.1) is 10.2 Å². The van der Waals surface area contributed by atoms with E-state index >= 15 is 0 Å². The SMILES string of the molecule is CC(C)Oc1ccc(C(=O)NC(=S)Nc2cccc(-c3nn4cnnc4s3)c2)cc1. The second-order valence-electron chi connectivity index (χ2n) is 6.65. The minimum Gasteiger partial charge on any atom is -0.491 e. The summed E-state index contributed by atoms with van der Waals surface area (Å²) in [6.45, 7) is 3.90. The molecule has 0 unspecified atom stereocenters. The molecule has 2 aromatic carbocycles. The molecule has 10 heteroatoms. The van der Waals surface area contributed by atoms with Crippen molar-refractivity contribution in [1.82, 2.24) is 25.1 Å².